The number of piperazine rings is 1. The van der Waals surface area contributed by atoms with Crippen LogP contribution in [-0.4, -0.2) is 57.5 Å². The Balaban J connectivity index is 1.46. The van der Waals surface area contributed by atoms with E-state index in [1.165, 1.54) is 30.0 Å². The quantitative estimate of drug-likeness (QED) is 0.571. The fourth-order valence-corrected chi connectivity index (χ4v) is 4.06. The fourth-order valence-electron chi connectivity index (χ4n) is 3.04. The van der Waals surface area contributed by atoms with E-state index >= 15 is 0 Å². The zero-order valence-corrected chi connectivity index (χ0v) is 15.6. The highest BCUT2D eigenvalue weighted by Crippen LogP contribution is 2.16. The first-order chi connectivity index (χ1) is 13.0. The summed E-state index contributed by atoms with van der Waals surface area (Å²) in [7, 11) is -3.67. The normalized spacial score (nSPS) is 15.6. The van der Waals surface area contributed by atoms with Crippen molar-refractivity contribution in [3.8, 4) is 0 Å². The van der Waals surface area contributed by atoms with Gasteiger partial charge in [-0.25, -0.2) is 13.1 Å². The molecule has 0 saturated carbocycles. The van der Waals surface area contributed by atoms with E-state index in [-0.39, 0.29) is 10.6 Å². The van der Waals surface area contributed by atoms with E-state index in [1.54, 1.807) is 0 Å². The summed E-state index contributed by atoms with van der Waals surface area (Å²) in [5, 5.41) is 10.7. The summed E-state index contributed by atoms with van der Waals surface area (Å²) in [6, 6.07) is 15.1. The number of benzene rings is 2. The molecular formula is C18H22N4O4S. The molecule has 1 N–H and O–H groups in total. The number of nitrogens with one attached hydrogen (secondary N) is 1. The van der Waals surface area contributed by atoms with Gasteiger partial charge in [-0.1, -0.05) is 18.2 Å². The third-order valence-corrected chi connectivity index (χ3v) is 6.05. The number of rotatable bonds is 7. The molecule has 2 aromatic rings. The molecular weight excluding hydrogens is 368 g/mol. The van der Waals surface area contributed by atoms with Crippen LogP contribution in [0, 0.1) is 10.1 Å². The van der Waals surface area contributed by atoms with Gasteiger partial charge in [0, 0.05) is 57.1 Å². The van der Waals surface area contributed by atoms with Gasteiger partial charge in [0.05, 0.1) is 9.82 Å². The molecule has 144 valence electrons. The molecule has 0 spiro atoms. The summed E-state index contributed by atoms with van der Waals surface area (Å²) in [5.41, 5.74) is 1.07. The van der Waals surface area contributed by atoms with Crippen molar-refractivity contribution in [2.24, 2.45) is 0 Å². The maximum atomic E-state index is 12.3. The molecule has 0 unspecified atom stereocenters. The molecule has 1 saturated heterocycles. The van der Waals surface area contributed by atoms with Gasteiger partial charge in [-0.15, -0.1) is 0 Å². The first kappa shape index (κ1) is 19.3. The molecule has 0 atom stereocenters. The number of anilines is 1. The van der Waals surface area contributed by atoms with E-state index in [0.717, 1.165) is 26.2 Å². The minimum Gasteiger partial charge on any atom is -0.369 e. The largest absolute Gasteiger partial charge is 0.369 e. The van der Waals surface area contributed by atoms with Gasteiger partial charge in [0.2, 0.25) is 10.0 Å². The summed E-state index contributed by atoms with van der Waals surface area (Å²) >= 11 is 0. The van der Waals surface area contributed by atoms with Crippen LogP contribution in [0.15, 0.2) is 59.5 Å². The third kappa shape index (κ3) is 5.03. The minimum absolute atomic E-state index is 0.0296. The van der Waals surface area contributed by atoms with Crippen LogP contribution in [0.1, 0.15) is 0 Å². The smallest absolute Gasteiger partial charge is 0.269 e. The molecule has 1 fully saturated rings. The number of non-ortho nitro benzene ring substituents is 1. The second kappa shape index (κ2) is 8.47. The van der Waals surface area contributed by atoms with Gasteiger partial charge >= 0.3 is 0 Å². The first-order valence-electron chi connectivity index (χ1n) is 8.72. The van der Waals surface area contributed by atoms with Crippen molar-refractivity contribution in [3.63, 3.8) is 0 Å². The molecule has 3 rings (SSSR count). The van der Waals surface area contributed by atoms with Crippen molar-refractivity contribution in [1.29, 1.82) is 0 Å². The molecule has 0 radical (unpaired) electrons. The first-order valence-corrected chi connectivity index (χ1v) is 10.2. The summed E-state index contributed by atoms with van der Waals surface area (Å²) in [5.74, 6) is 0. The zero-order chi connectivity index (χ0) is 19.3. The lowest BCUT2D eigenvalue weighted by Crippen LogP contribution is -2.48. The van der Waals surface area contributed by atoms with E-state index in [9.17, 15) is 18.5 Å². The molecule has 1 aliphatic rings. The Hall–Kier alpha value is -2.49. The Morgan fingerprint density at radius 3 is 2.19 bits per heavy atom. The van der Waals surface area contributed by atoms with Crippen LogP contribution in [0.25, 0.3) is 0 Å². The van der Waals surface area contributed by atoms with Crippen LogP contribution in [0.4, 0.5) is 11.4 Å². The van der Waals surface area contributed by atoms with Crippen LogP contribution >= 0.6 is 0 Å². The number of nitro benzene ring substituents is 1. The number of hydrogen-bond donors (Lipinski definition) is 1. The van der Waals surface area contributed by atoms with Crippen LogP contribution in [0.3, 0.4) is 0 Å². The molecule has 1 heterocycles. The van der Waals surface area contributed by atoms with Gasteiger partial charge in [0.1, 0.15) is 0 Å². The topological polar surface area (TPSA) is 95.8 Å². The standard InChI is InChI=1S/C18H22N4O4S/c23-22(24)17-6-8-18(9-7-17)27(25,26)19-10-11-20-12-14-21(15-13-20)16-4-2-1-3-5-16/h1-9,19H,10-15H2. The average Bonchev–Trinajstić information content (AvgIpc) is 2.69. The summed E-state index contributed by atoms with van der Waals surface area (Å²) in [6.07, 6.45) is 0. The molecule has 9 heteroatoms. The summed E-state index contributed by atoms with van der Waals surface area (Å²) in [6.45, 7) is 4.46. The van der Waals surface area contributed by atoms with Crippen molar-refractivity contribution < 1.29 is 13.3 Å². The zero-order valence-electron chi connectivity index (χ0n) is 14.8. The number of sulfonamides is 1. The van der Waals surface area contributed by atoms with Crippen molar-refractivity contribution >= 4 is 21.4 Å². The lowest BCUT2D eigenvalue weighted by molar-refractivity contribution is -0.384. The SMILES string of the molecule is O=[N+]([O-])c1ccc(S(=O)(=O)NCCN2CCN(c3ccccc3)CC2)cc1. The number of nitro groups is 1. The second-order valence-corrected chi connectivity index (χ2v) is 8.08. The average molecular weight is 390 g/mol. The van der Waals surface area contributed by atoms with Gasteiger partial charge in [-0.05, 0) is 24.3 Å². The van der Waals surface area contributed by atoms with Gasteiger partial charge in [0.15, 0.2) is 0 Å². The molecule has 0 bridgehead atoms. The Kier molecular flexibility index (Phi) is 6.04. The van der Waals surface area contributed by atoms with Crippen LogP contribution in [0.5, 0.6) is 0 Å². The molecule has 8 nitrogen and oxygen atoms in total. The molecule has 0 amide bonds. The summed E-state index contributed by atoms with van der Waals surface area (Å²) < 4.78 is 27.1. The highest BCUT2D eigenvalue weighted by Gasteiger charge is 2.19. The van der Waals surface area contributed by atoms with Crippen LogP contribution in [-0.2, 0) is 10.0 Å². The monoisotopic (exact) mass is 390 g/mol. The highest BCUT2D eigenvalue weighted by atomic mass is 32.2. The maximum Gasteiger partial charge on any atom is 0.269 e. The Morgan fingerprint density at radius 1 is 0.963 bits per heavy atom. The Morgan fingerprint density at radius 2 is 1.59 bits per heavy atom. The van der Waals surface area contributed by atoms with Crippen molar-refractivity contribution in [2.45, 2.75) is 4.90 Å². The molecule has 27 heavy (non-hydrogen) atoms. The van der Waals surface area contributed by atoms with Gasteiger partial charge in [-0.2, -0.15) is 0 Å². The van der Waals surface area contributed by atoms with E-state index in [2.05, 4.69) is 26.7 Å². The van der Waals surface area contributed by atoms with Crippen LogP contribution in [0.2, 0.25) is 0 Å². The Bertz CT molecular complexity index is 864. The lowest BCUT2D eigenvalue weighted by Gasteiger charge is -2.36. The van der Waals surface area contributed by atoms with E-state index < -0.39 is 14.9 Å². The third-order valence-electron chi connectivity index (χ3n) is 4.57. The van der Waals surface area contributed by atoms with Crippen LogP contribution < -0.4 is 9.62 Å². The highest BCUT2D eigenvalue weighted by molar-refractivity contribution is 7.89. The molecule has 1 aliphatic heterocycles. The maximum absolute atomic E-state index is 12.3. The van der Waals surface area contributed by atoms with Crippen molar-refractivity contribution in [1.82, 2.24) is 9.62 Å². The Labute approximate surface area is 158 Å². The molecule has 0 aliphatic carbocycles. The predicted octanol–water partition coefficient (Wildman–Crippen LogP) is 1.70. The molecule has 2 aromatic carbocycles. The number of hydrogen-bond acceptors (Lipinski definition) is 6. The number of para-hydroxylation sites is 1. The van der Waals surface area contributed by atoms with Crippen molar-refractivity contribution in [3.05, 3.63) is 64.7 Å². The van der Waals surface area contributed by atoms with Gasteiger partial charge in [0.25, 0.3) is 5.69 Å². The fraction of sp³-hybridized carbons (Fsp3) is 0.333. The minimum atomic E-state index is -3.67. The van der Waals surface area contributed by atoms with Gasteiger partial charge in [-0.3, -0.25) is 15.0 Å². The van der Waals surface area contributed by atoms with E-state index in [1.807, 2.05) is 18.2 Å². The second-order valence-electron chi connectivity index (χ2n) is 6.31. The summed E-state index contributed by atoms with van der Waals surface area (Å²) in [4.78, 5) is 14.7. The van der Waals surface area contributed by atoms with E-state index in [4.69, 9.17) is 0 Å². The van der Waals surface area contributed by atoms with Gasteiger partial charge < -0.3 is 4.90 Å². The molecule has 0 aromatic heterocycles. The predicted molar refractivity (Wildman–Crippen MR) is 103 cm³/mol. The lowest BCUT2D eigenvalue weighted by atomic mass is 10.2. The number of nitrogens with zero attached hydrogens (tertiary/aromatic N) is 3. The van der Waals surface area contributed by atoms with Crippen molar-refractivity contribution in [2.75, 3.05) is 44.2 Å². The van der Waals surface area contributed by atoms with E-state index in [0.29, 0.717) is 13.1 Å².